The van der Waals surface area contributed by atoms with Crippen LogP contribution < -0.4 is 11.1 Å². The molecular formula is C13H13FN4S. The summed E-state index contributed by atoms with van der Waals surface area (Å²) in [5.41, 5.74) is 8.53. The van der Waals surface area contributed by atoms with Crippen molar-refractivity contribution in [1.82, 2.24) is 10.2 Å². The molecule has 0 aliphatic carbocycles. The van der Waals surface area contributed by atoms with Crippen molar-refractivity contribution >= 4 is 28.7 Å². The standard InChI is InChI=1S/C13H13FN4S/c1-7-8(2)17-18-13(11(7)12(15)19)16-10-5-3-4-9(14)6-10/h3-6H,1-2H3,(H2,15,19)(H,16,18). The van der Waals surface area contributed by atoms with Gasteiger partial charge < -0.3 is 11.1 Å². The van der Waals surface area contributed by atoms with Crippen LogP contribution in [0.25, 0.3) is 0 Å². The SMILES string of the molecule is Cc1nnc(Nc2cccc(F)c2)c(C(N)=S)c1C. The third-order valence-corrected chi connectivity index (χ3v) is 2.99. The first-order valence-electron chi connectivity index (χ1n) is 5.65. The Hall–Kier alpha value is -2.08. The maximum Gasteiger partial charge on any atom is 0.163 e. The van der Waals surface area contributed by atoms with E-state index < -0.39 is 0 Å². The molecule has 2 aromatic rings. The van der Waals surface area contributed by atoms with E-state index in [0.717, 1.165) is 11.3 Å². The number of aromatic nitrogens is 2. The van der Waals surface area contributed by atoms with E-state index in [1.165, 1.54) is 12.1 Å². The molecular weight excluding hydrogens is 263 g/mol. The molecule has 0 aliphatic rings. The van der Waals surface area contributed by atoms with Gasteiger partial charge in [0.25, 0.3) is 0 Å². The second-order valence-corrected chi connectivity index (χ2v) is 4.57. The highest BCUT2D eigenvalue weighted by Gasteiger charge is 2.13. The van der Waals surface area contributed by atoms with Crippen LogP contribution in [0.1, 0.15) is 16.8 Å². The van der Waals surface area contributed by atoms with Gasteiger partial charge in [0.2, 0.25) is 0 Å². The van der Waals surface area contributed by atoms with Gasteiger partial charge in [-0.25, -0.2) is 4.39 Å². The van der Waals surface area contributed by atoms with Gasteiger partial charge in [-0.15, -0.1) is 5.10 Å². The van der Waals surface area contributed by atoms with E-state index in [-0.39, 0.29) is 10.8 Å². The summed E-state index contributed by atoms with van der Waals surface area (Å²) in [6.07, 6.45) is 0. The third-order valence-electron chi connectivity index (χ3n) is 2.79. The maximum atomic E-state index is 13.1. The topological polar surface area (TPSA) is 63.8 Å². The number of nitrogens with one attached hydrogen (secondary N) is 1. The Morgan fingerprint density at radius 1 is 1.32 bits per heavy atom. The number of aryl methyl sites for hydroxylation is 1. The Kier molecular flexibility index (Phi) is 3.71. The molecule has 6 heteroatoms. The van der Waals surface area contributed by atoms with Gasteiger partial charge in [0.1, 0.15) is 10.8 Å². The number of hydrogen-bond acceptors (Lipinski definition) is 4. The molecule has 0 amide bonds. The summed E-state index contributed by atoms with van der Waals surface area (Å²) >= 11 is 5.03. The van der Waals surface area contributed by atoms with Crippen molar-refractivity contribution in [3.63, 3.8) is 0 Å². The Morgan fingerprint density at radius 3 is 2.68 bits per heavy atom. The number of thiocarbonyl (C=S) groups is 1. The fourth-order valence-electron chi connectivity index (χ4n) is 1.70. The van der Waals surface area contributed by atoms with E-state index in [0.29, 0.717) is 17.1 Å². The highest BCUT2D eigenvalue weighted by Crippen LogP contribution is 2.22. The van der Waals surface area contributed by atoms with Crippen LogP contribution in [0.5, 0.6) is 0 Å². The van der Waals surface area contributed by atoms with Gasteiger partial charge in [0, 0.05) is 5.69 Å². The lowest BCUT2D eigenvalue weighted by molar-refractivity contribution is 0.628. The molecule has 3 N–H and O–H groups in total. The summed E-state index contributed by atoms with van der Waals surface area (Å²) in [6.45, 7) is 3.70. The van der Waals surface area contributed by atoms with Crippen LogP contribution in [0.2, 0.25) is 0 Å². The maximum absolute atomic E-state index is 13.1. The molecule has 0 atom stereocenters. The molecule has 0 fully saturated rings. The van der Waals surface area contributed by atoms with Crippen LogP contribution in [0.15, 0.2) is 24.3 Å². The summed E-state index contributed by atoms with van der Waals surface area (Å²) in [6, 6.07) is 6.06. The third kappa shape index (κ3) is 2.85. The van der Waals surface area contributed by atoms with E-state index in [2.05, 4.69) is 15.5 Å². The average Bonchev–Trinajstić information content (AvgIpc) is 2.33. The van der Waals surface area contributed by atoms with Crippen LogP contribution in [0, 0.1) is 19.7 Å². The summed E-state index contributed by atoms with van der Waals surface area (Å²) in [7, 11) is 0. The predicted molar refractivity (Wildman–Crippen MR) is 77.1 cm³/mol. The normalized spacial score (nSPS) is 10.3. The smallest absolute Gasteiger partial charge is 0.163 e. The van der Waals surface area contributed by atoms with E-state index in [4.69, 9.17) is 18.0 Å². The van der Waals surface area contributed by atoms with Gasteiger partial charge in [-0.3, -0.25) is 0 Å². The first-order valence-corrected chi connectivity index (χ1v) is 6.06. The summed E-state index contributed by atoms with van der Waals surface area (Å²) in [5, 5.41) is 11.0. The number of rotatable bonds is 3. The van der Waals surface area contributed by atoms with E-state index >= 15 is 0 Å². The highest BCUT2D eigenvalue weighted by atomic mass is 32.1. The zero-order valence-corrected chi connectivity index (χ0v) is 11.4. The molecule has 0 saturated heterocycles. The number of halogens is 1. The zero-order chi connectivity index (χ0) is 14.0. The average molecular weight is 276 g/mol. The molecule has 0 aliphatic heterocycles. The van der Waals surface area contributed by atoms with Crippen LogP contribution in [0.3, 0.4) is 0 Å². The first kappa shape index (κ1) is 13.4. The van der Waals surface area contributed by atoms with Crippen molar-refractivity contribution in [2.75, 3.05) is 5.32 Å². The molecule has 4 nitrogen and oxygen atoms in total. The number of nitrogens with two attached hydrogens (primary N) is 1. The summed E-state index contributed by atoms with van der Waals surface area (Å²) in [4.78, 5) is 0.231. The number of anilines is 2. The van der Waals surface area contributed by atoms with E-state index in [1.807, 2.05) is 13.8 Å². The van der Waals surface area contributed by atoms with Crippen LogP contribution in [0.4, 0.5) is 15.9 Å². The lowest BCUT2D eigenvalue weighted by Crippen LogP contribution is -2.16. The lowest BCUT2D eigenvalue weighted by atomic mass is 10.1. The second-order valence-electron chi connectivity index (χ2n) is 4.13. The Labute approximate surface area is 115 Å². The molecule has 0 saturated carbocycles. The number of hydrogen-bond donors (Lipinski definition) is 2. The molecule has 2 rings (SSSR count). The molecule has 0 spiro atoms. The molecule has 0 unspecified atom stereocenters. The second kappa shape index (κ2) is 5.27. The fourth-order valence-corrected chi connectivity index (χ4v) is 1.95. The van der Waals surface area contributed by atoms with Gasteiger partial charge in [0.05, 0.1) is 11.3 Å². The molecule has 98 valence electrons. The van der Waals surface area contributed by atoms with Crippen molar-refractivity contribution in [2.45, 2.75) is 13.8 Å². The fraction of sp³-hybridized carbons (Fsp3) is 0.154. The first-order chi connectivity index (χ1) is 8.99. The largest absolute Gasteiger partial charge is 0.389 e. The van der Waals surface area contributed by atoms with Gasteiger partial charge in [-0.05, 0) is 37.6 Å². The minimum absolute atomic E-state index is 0.231. The van der Waals surface area contributed by atoms with Crippen LogP contribution in [-0.2, 0) is 0 Å². The lowest BCUT2D eigenvalue weighted by Gasteiger charge is -2.13. The van der Waals surface area contributed by atoms with Crippen LogP contribution >= 0.6 is 12.2 Å². The van der Waals surface area contributed by atoms with Gasteiger partial charge in [-0.1, -0.05) is 18.3 Å². The van der Waals surface area contributed by atoms with Crippen molar-refractivity contribution in [3.05, 3.63) is 46.9 Å². The summed E-state index contributed by atoms with van der Waals surface area (Å²) < 4.78 is 13.1. The monoisotopic (exact) mass is 276 g/mol. The quantitative estimate of drug-likeness (QED) is 0.844. The predicted octanol–water partition coefficient (Wildman–Crippen LogP) is 2.61. The molecule has 19 heavy (non-hydrogen) atoms. The molecule has 1 aromatic carbocycles. The van der Waals surface area contributed by atoms with E-state index in [1.54, 1.807) is 12.1 Å². The van der Waals surface area contributed by atoms with Crippen molar-refractivity contribution in [3.8, 4) is 0 Å². The minimum Gasteiger partial charge on any atom is -0.389 e. The van der Waals surface area contributed by atoms with Crippen LogP contribution in [-0.4, -0.2) is 15.2 Å². The van der Waals surface area contributed by atoms with Gasteiger partial charge >= 0.3 is 0 Å². The molecule has 1 aromatic heterocycles. The molecule has 0 bridgehead atoms. The highest BCUT2D eigenvalue weighted by molar-refractivity contribution is 7.80. The Morgan fingerprint density at radius 2 is 2.05 bits per heavy atom. The molecule has 1 heterocycles. The summed E-state index contributed by atoms with van der Waals surface area (Å²) in [5.74, 6) is 0.0971. The zero-order valence-electron chi connectivity index (χ0n) is 10.6. The van der Waals surface area contributed by atoms with E-state index in [9.17, 15) is 4.39 Å². The van der Waals surface area contributed by atoms with Crippen molar-refractivity contribution in [2.24, 2.45) is 5.73 Å². The Bertz CT molecular complexity index is 643. The van der Waals surface area contributed by atoms with Crippen molar-refractivity contribution in [1.29, 1.82) is 0 Å². The Balaban J connectivity index is 2.46. The van der Waals surface area contributed by atoms with Crippen molar-refractivity contribution < 1.29 is 4.39 Å². The number of nitrogens with zero attached hydrogens (tertiary/aromatic N) is 2. The molecule has 0 radical (unpaired) electrons. The number of benzene rings is 1. The minimum atomic E-state index is -0.335. The van der Waals surface area contributed by atoms with Gasteiger partial charge in [-0.2, -0.15) is 5.10 Å². The van der Waals surface area contributed by atoms with Gasteiger partial charge in [0.15, 0.2) is 5.82 Å².